The largest absolute Gasteiger partial charge is 0.373 e. The van der Waals surface area contributed by atoms with Gasteiger partial charge in [0.15, 0.2) is 0 Å². The molecule has 3 rings (SSSR count). The predicted molar refractivity (Wildman–Crippen MR) is 103 cm³/mol. The number of nitrogens with one attached hydrogen (secondary N) is 1. The summed E-state index contributed by atoms with van der Waals surface area (Å²) < 4.78 is 5.65. The van der Waals surface area contributed by atoms with Crippen molar-refractivity contribution in [3.8, 4) is 0 Å². The summed E-state index contributed by atoms with van der Waals surface area (Å²) in [5.74, 6) is 0.0550. The van der Waals surface area contributed by atoms with Crippen molar-refractivity contribution in [2.45, 2.75) is 26.5 Å². The molecule has 0 aromatic heterocycles. The van der Waals surface area contributed by atoms with E-state index in [-0.39, 0.29) is 18.0 Å². The van der Waals surface area contributed by atoms with Gasteiger partial charge in [-0.15, -0.1) is 0 Å². The molecule has 0 aliphatic carbocycles. The number of piperazine rings is 1. The van der Waals surface area contributed by atoms with Crippen molar-refractivity contribution in [1.29, 1.82) is 0 Å². The maximum Gasteiger partial charge on any atom is 0.317 e. The molecule has 2 aliphatic rings. The second-order valence-electron chi connectivity index (χ2n) is 7.40. The van der Waals surface area contributed by atoms with Crippen LogP contribution in [0.3, 0.4) is 0 Å². The SMILES string of the molecule is CC(=O)N1CCOC(CNC(=O)N2CCN(Cc3cccc(C)c3)CC2)C1. The number of benzene rings is 1. The normalized spacial score (nSPS) is 21.2. The fourth-order valence-electron chi connectivity index (χ4n) is 3.62. The van der Waals surface area contributed by atoms with Crippen molar-refractivity contribution < 1.29 is 14.3 Å². The molecule has 1 N–H and O–H groups in total. The highest BCUT2D eigenvalue weighted by atomic mass is 16.5. The summed E-state index contributed by atoms with van der Waals surface area (Å²) in [5.41, 5.74) is 2.59. The number of amides is 3. The maximum atomic E-state index is 12.4. The van der Waals surface area contributed by atoms with Gasteiger partial charge in [-0.05, 0) is 12.5 Å². The molecule has 1 unspecified atom stereocenters. The smallest absolute Gasteiger partial charge is 0.317 e. The number of hydrogen-bond acceptors (Lipinski definition) is 4. The molecule has 0 radical (unpaired) electrons. The van der Waals surface area contributed by atoms with Gasteiger partial charge in [-0.2, -0.15) is 0 Å². The third kappa shape index (κ3) is 5.68. The van der Waals surface area contributed by atoms with Gasteiger partial charge >= 0.3 is 6.03 Å². The van der Waals surface area contributed by atoms with Crippen LogP contribution >= 0.6 is 0 Å². The van der Waals surface area contributed by atoms with Crippen LogP contribution in [-0.4, -0.2) is 85.2 Å². The Morgan fingerprint density at radius 1 is 1.15 bits per heavy atom. The molecule has 2 fully saturated rings. The van der Waals surface area contributed by atoms with Crippen LogP contribution in [0.15, 0.2) is 24.3 Å². The van der Waals surface area contributed by atoms with E-state index in [0.29, 0.717) is 26.2 Å². The van der Waals surface area contributed by atoms with E-state index in [9.17, 15) is 9.59 Å². The van der Waals surface area contributed by atoms with E-state index in [2.05, 4.69) is 41.4 Å². The molecule has 0 saturated carbocycles. The number of nitrogens with zero attached hydrogens (tertiary/aromatic N) is 3. The molecule has 2 heterocycles. The van der Waals surface area contributed by atoms with Crippen LogP contribution in [0, 0.1) is 6.92 Å². The third-order valence-electron chi connectivity index (χ3n) is 5.21. The Kier molecular flexibility index (Phi) is 6.68. The van der Waals surface area contributed by atoms with Gasteiger partial charge in [0, 0.05) is 59.3 Å². The molecule has 27 heavy (non-hydrogen) atoms. The first-order chi connectivity index (χ1) is 13.0. The molecule has 2 saturated heterocycles. The summed E-state index contributed by atoms with van der Waals surface area (Å²) in [6.07, 6.45) is -0.130. The zero-order valence-electron chi connectivity index (χ0n) is 16.3. The lowest BCUT2D eigenvalue weighted by Crippen LogP contribution is -2.54. The lowest BCUT2D eigenvalue weighted by Gasteiger charge is -2.36. The highest BCUT2D eigenvalue weighted by molar-refractivity contribution is 5.74. The van der Waals surface area contributed by atoms with Gasteiger partial charge in [0.2, 0.25) is 5.91 Å². The summed E-state index contributed by atoms with van der Waals surface area (Å²) in [5, 5.41) is 2.96. The van der Waals surface area contributed by atoms with Gasteiger partial charge in [-0.1, -0.05) is 29.8 Å². The highest BCUT2D eigenvalue weighted by Crippen LogP contribution is 2.11. The second-order valence-corrected chi connectivity index (χ2v) is 7.40. The lowest BCUT2D eigenvalue weighted by atomic mass is 10.1. The minimum Gasteiger partial charge on any atom is -0.373 e. The number of hydrogen-bond donors (Lipinski definition) is 1. The van der Waals surface area contributed by atoms with Crippen LogP contribution in [0.5, 0.6) is 0 Å². The van der Waals surface area contributed by atoms with Crippen molar-refractivity contribution in [3.05, 3.63) is 35.4 Å². The molecule has 0 spiro atoms. The number of aryl methyl sites for hydroxylation is 1. The van der Waals surface area contributed by atoms with Gasteiger partial charge in [0.25, 0.3) is 0 Å². The van der Waals surface area contributed by atoms with E-state index < -0.39 is 0 Å². The maximum absolute atomic E-state index is 12.4. The molecule has 148 valence electrons. The molecular formula is C20H30N4O3. The lowest BCUT2D eigenvalue weighted by molar-refractivity contribution is -0.136. The summed E-state index contributed by atoms with van der Waals surface area (Å²) in [6, 6.07) is 8.52. The van der Waals surface area contributed by atoms with E-state index in [1.165, 1.54) is 11.1 Å². The Balaban J connectivity index is 1.39. The van der Waals surface area contributed by atoms with Crippen LogP contribution in [0.1, 0.15) is 18.1 Å². The fraction of sp³-hybridized carbons (Fsp3) is 0.600. The Hall–Kier alpha value is -2.12. The first kappa shape index (κ1) is 19.6. The van der Waals surface area contributed by atoms with Crippen molar-refractivity contribution in [1.82, 2.24) is 20.0 Å². The van der Waals surface area contributed by atoms with E-state index in [1.54, 1.807) is 11.8 Å². The van der Waals surface area contributed by atoms with Crippen LogP contribution in [0.25, 0.3) is 0 Å². The number of carbonyl (C=O) groups excluding carboxylic acids is 2. The molecule has 7 heteroatoms. The summed E-state index contributed by atoms with van der Waals surface area (Å²) in [6.45, 7) is 9.93. The Labute approximate surface area is 161 Å². The Bertz CT molecular complexity index is 658. The van der Waals surface area contributed by atoms with Crippen LogP contribution in [0.4, 0.5) is 4.79 Å². The standard InChI is InChI=1S/C20H30N4O3/c1-16-4-3-5-18(12-16)14-22-6-8-23(9-7-22)20(26)21-13-19-15-24(17(2)25)10-11-27-19/h3-5,12,19H,6-11,13-15H2,1-2H3,(H,21,26). The van der Waals surface area contributed by atoms with Crippen LogP contribution in [-0.2, 0) is 16.1 Å². The van der Waals surface area contributed by atoms with Crippen LogP contribution < -0.4 is 5.32 Å². The monoisotopic (exact) mass is 374 g/mol. The molecule has 0 bridgehead atoms. The number of morpholine rings is 1. The minimum absolute atomic E-state index is 0.0474. The first-order valence-corrected chi connectivity index (χ1v) is 9.69. The van der Waals surface area contributed by atoms with Crippen molar-refractivity contribution >= 4 is 11.9 Å². The van der Waals surface area contributed by atoms with Gasteiger partial charge in [0.1, 0.15) is 0 Å². The van der Waals surface area contributed by atoms with Crippen LogP contribution in [0.2, 0.25) is 0 Å². The summed E-state index contributed by atoms with van der Waals surface area (Å²) in [7, 11) is 0. The van der Waals surface area contributed by atoms with Crippen molar-refractivity contribution in [2.75, 3.05) is 52.4 Å². The average molecular weight is 374 g/mol. The van der Waals surface area contributed by atoms with Gasteiger partial charge in [-0.25, -0.2) is 4.79 Å². The number of ether oxygens (including phenoxy) is 1. The molecule has 2 aliphatic heterocycles. The predicted octanol–water partition coefficient (Wildman–Crippen LogP) is 1.07. The zero-order chi connectivity index (χ0) is 19.2. The van der Waals surface area contributed by atoms with Crippen molar-refractivity contribution in [2.24, 2.45) is 0 Å². The van der Waals surface area contributed by atoms with E-state index in [4.69, 9.17) is 4.74 Å². The van der Waals surface area contributed by atoms with E-state index >= 15 is 0 Å². The summed E-state index contributed by atoms with van der Waals surface area (Å²) >= 11 is 0. The van der Waals surface area contributed by atoms with E-state index in [0.717, 1.165) is 32.7 Å². The average Bonchev–Trinajstić information content (AvgIpc) is 2.67. The first-order valence-electron chi connectivity index (χ1n) is 9.69. The Morgan fingerprint density at radius 2 is 1.93 bits per heavy atom. The Morgan fingerprint density at radius 3 is 2.63 bits per heavy atom. The fourth-order valence-corrected chi connectivity index (χ4v) is 3.62. The molecule has 1 atom stereocenters. The topological polar surface area (TPSA) is 65.1 Å². The quantitative estimate of drug-likeness (QED) is 0.856. The van der Waals surface area contributed by atoms with Crippen molar-refractivity contribution in [3.63, 3.8) is 0 Å². The number of urea groups is 1. The number of carbonyl (C=O) groups is 2. The second kappa shape index (κ2) is 9.19. The molecule has 7 nitrogen and oxygen atoms in total. The van der Waals surface area contributed by atoms with Gasteiger partial charge in [-0.3, -0.25) is 9.69 Å². The molecule has 1 aromatic carbocycles. The summed E-state index contributed by atoms with van der Waals surface area (Å²) in [4.78, 5) is 29.9. The number of rotatable bonds is 4. The highest BCUT2D eigenvalue weighted by Gasteiger charge is 2.25. The van der Waals surface area contributed by atoms with E-state index in [1.807, 2.05) is 4.90 Å². The zero-order valence-corrected chi connectivity index (χ0v) is 16.3. The minimum atomic E-state index is -0.130. The van der Waals surface area contributed by atoms with Gasteiger partial charge < -0.3 is 19.9 Å². The molecular weight excluding hydrogens is 344 g/mol. The molecule has 3 amide bonds. The third-order valence-corrected chi connectivity index (χ3v) is 5.21. The van der Waals surface area contributed by atoms with Gasteiger partial charge in [0.05, 0.1) is 12.7 Å². The molecule has 1 aromatic rings.